The molecule has 0 aromatic rings. The van der Waals surface area contributed by atoms with Crippen LogP contribution >= 0.6 is 0 Å². The van der Waals surface area contributed by atoms with Gasteiger partial charge in [0.1, 0.15) is 0 Å². The van der Waals surface area contributed by atoms with E-state index in [2.05, 4.69) is 12.2 Å². The maximum absolute atomic E-state index is 12.2. The summed E-state index contributed by atoms with van der Waals surface area (Å²) in [6.07, 6.45) is 6.89. The van der Waals surface area contributed by atoms with Gasteiger partial charge in [-0.2, -0.15) is 0 Å². The van der Waals surface area contributed by atoms with Crippen LogP contribution in [-0.2, 0) is 4.79 Å². The van der Waals surface area contributed by atoms with Crippen LogP contribution in [0, 0.1) is 5.41 Å². The van der Waals surface area contributed by atoms with E-state index in [1.54, 1.807) is 4.90 Å². The Labute approximate surface area is 128 Å². The SMILES string of the molecule is CCCCCCC(C)NC(=O)N1CCC(CC)(C(=O)O)C1. The Kier molecular flexibility index (Phi) is 6.99. The minimum absolute atomic E-state index is 0.116. The monoisotopic (exact) mass is 298 g/mol. The van der Waals surface area contributed by atoms with Gasteiger partial charge in [0, 0.05) is 19.1 Å². The van der Waals surface area contributed by atoms with Gasteiger partial charge in [0.15, 0.2) is 0 Å². The van der Waals surface area contributed by atoms with Crippen LogP contribution in [0.25, 0.3) is 0 Å². The first-order valence-corrected chi connectivity index (χ1v) is 8.24. The van der Waals surface area contributed by atoms with Crippen LogP contribution < -0.4 is 5.32 Å². The van der Waals surface area contributed by atoms with Gasteiger partial charge in [-0.1, -0.05) is 39.5 Å². The van der Waals surface area contributed by atoms with E-state index in [1.165, 1.54) is 19.3 Å². The number of rotatable bonds is 8. The van der Waals surface area contributed by atoms with E-state index in [-0.39, 0.29) is 12.1 Å². The van der Waals surface area contributed by atoms with E-state index in [0.29, 0.717) is 25.9 Å². The predicted molar refractivity (Wildman–Crippen MR) is 83.3 cm³/mol. The van der Waals surface area contributed by atoms with Gasteiger partial charge < -0.3 is 15.3 Å². The number of nitrogens with zero attached hydrogens (tertiary/aromatic N) is 1. The van der Waals surface area contributed by atoms with Gasteiger partial charge in [-0.25, -0.2) is 4.79 Å². The van der Waals surface area contributed by atoms with Gasteiger partial charge in [-0.15, -0.1) is 0 Å². The van der Waals surface area contributed by atoms with Gasteiger partial charge in [0.05, 0.1) is 5.41 Å². The molecule has 0 bridgehead atoms. The number of unbranched alkanes of at least 4 members (excludes halogenated alkanes) is 3. The Morgan fingerprint density at radius 3 is 2.52 bits per heavy atom. The Bertz CT molecular complexity index is 359. The number of nitrogens with one attached hydrogen (secondary N) is 1. The van der Waals surface area contributed by atoms with Crippen molar-refractivity contribution in [3.8, 4) is 0 Å². The molecule has 5 nitrogen and oxygen atoms in total. The summed E-state index contributed by atoms with van der Waals surface area (Å²) in [6, 6.07) is 0.0328. The molecule has 2 unspecified atom stereocenters. The molecule has 1 saturated heterocycles. The zero-order valence-electron chi connectivity index (χ0n) is 13.7. The maximum atomic E-state index is 12.2. The Balaban J connectivity index is 2.38. The smallest absolute Gasteiger partial charge is 0.317 e. The molecule has 1 aliphatic heterocycles. The lowest BCUT2D eigenvalue weighted by molar-refractivity contribution is -0.148. The largest absolute Gasteiger partial charge is 0.481 e. The maximum Gasteiger partial charge on any atom is 0.317 e. The molecule has 0 spiro atoms. The van der Waals surface area contributed by atoms with Crippen molar-refractivity contribution >= 4 is 12.0 Å². The number of hydrogen-bond acceptors (Lipinski definition) is 2. The summed E-state index contributed by atoms with van der Waals surface area (Å²) in [5.41, 5.74) is -0.748. The number of hydrogen-bond donors (Lipinski definition) is 2. The molecule has 0 radical (unpaired) electrons. The Hall–Kier alpha value is -1.26. The topological polar surface area (TPSA) is 69.6 Å². The van der Waals surface area contributed by atoms with Gasteiger partial charge in [0.2, 0.25) is 0 Å². The second-order valence-electron chi connectivity index (χ2n) is 6.31. The van der Waals surface area contributed by atoms with E-state index >= 15 is 0 Å². The average Bonchev–Trinajstić information content (AvgIpc) is 2.89. The summed E-state index contributed by atoms with van der Waals surface area (Å²) in [6.45, 7) is 6.94. The molecule has 0 aliphatic carbocycles. The highest BCUT2D eigenvalue weighted by Crippen LogP contribution is 2.34. The van der Waals surface area contributed by atoms with Crippen molar-refractivity contribution in [2.75, 3.05) is 13.1 Å². The third kappa shape index (κ3) is 4.90. The number of urea groups is 1. The zero-order chi connectivity index (χ0) is 15.9. The van der Waals surface area contributed by atoms with Crippen molar-refractivity contribution in [1.29, 1.82) is 0 Å². The van der Waals surface area contributed by atoms with E-state index in [4.69, 9.17) is 0 Å². The lowest BCUT2D eigenvalue weighted by Crippen LogP contribution is -2.44. The number of amides is 2. The fraction of sp³-hybridized carbons (Fsp3) is 0.875. The van der Waals surface area contributed by atoms with Crippen LogP contribution in [0.15, 0.2) is 0 Å². The highest BCUT2D eigenvalue weighted by molar-refractivity contribution is 5.79. The molecule has 1 rings (SSSR count). The van der Waals surface area contributed by atoms with Crippen molar-refractivity contribution in [2.24, 2.45) is 5.41 Å². The third-order valence-corrected chi connectivity index (χ3v) is 4.63. The summed E-state index contributed by atoms with van der Waals surface area (Å²) in [5, 5.41) is 12.3. The second-order valence-corrected chi connectivity index (χ2v) is 6.31. The predicted octanol–water partition coefficient (Wildman–Crippen LogP) is 3.24. The molecule has 1 aliphatic rings. The molecule has 122 valence electrons. The number of carboxylic acid groups (broad SMARTS) is 1. The van der Waals surface area contributed by atoms with Crippen LogP contribution in [0.4, 0.5) is 4.79 Å². The summed E-state index contributed by atoms with van der Waals surface area (Å²) < 4.78 is 0. The van der Waals surface area contributed by atoms with Crippen molar-refractivity contribution in [3.05, 3.63) is 0 Å². The Morgan fingerprint density at radius 1 is 1.29 bits per heavy atom. The van der Waals surface area contributed by atoms with Gasteiger partial charge in [-0.05, 0) is 26.2 Å². The van der Waals surface area contributed by atoms with E-state index in [1.807, 2.05) is 13.8 Å². The molecule has 2 amide bonds. The number of carbonyl (C=O) groups is 2. The van der Waals surface area contributed by atoms with E-state index in [9.17, 15) is 14.7 Å². The lowest BCUT2D eigenvalue weighted by atomic mass is 9.84. The number of aliphatic carboxylic acids is 1. The van der Waals surface area contributed by atoms with Gasteiger partial charge in [-0.3, -0.25) is 4.79 Å². The molecule has 2 N–H and O–H groups in total. The number of likely N-dealkylation sites (tertiary alicyclic amines) is 1. The summed E-state index contributed by atoms with van der Waals surface area (Å²) in [5.74, 6) is -0.784. The Morgan fingerprint density at radius 2 is 2.00 bits per heavy atom. The molecule has 5 heteroatoms. The van der Waals surface area contributed by atoms with Crippen molar-refractivity contribution < 1.29 is 14.7 Å². The molecule has 2 atom stereocenters. The first-order chi connectivity index (χ1) is 9.95. The minimum Gasteiger partial charge on any atom is -0.481 e. The van der Waals surface area contributed by atoms with Crippen molar-refractivity contribution in [1.82, 2.24) is 10.2 Å². The quantitative estimate of drug-likeness (QED) is 0.676. The molecular weight excluding hydrogens is 268 g/mol. The summed E-state index contributed by atoms with van der Waals surface area (Å²) in [7, 11) is 0. The first kappa shape index (κ1) is 17.8. The molecular formula is C16H30N2O3. The van der Waals surface area contributed by atoms with Gasteiger partial charge in [0.25, 0.3) is 0 Å². The molecule has 0 aromatic carbocycles. The second kappa shape index (κ2) is 8.25. The fourth-order valence-corrected chi connectivity index (χ4v) is 2.91. The molecule has 1 heterocycles. The average molecular weight is 298 g/mol. The van der Waals surface area contributed by atoms with Crippen LogP contribution in [-0.4, -0.2) is 41.1 Å². The standard InChI is InChI=1S/C16H30N2O3/c1-4-6-7-8-9-13(3)17-15(21)18-11-10-16(5-2,12-18)14(19)20/h13H,4-12H2,1-3H3,(H,17,21)(H,19,20). The lowest BCUT2D eigenvalue weighted by Gasteiger charge is -2.24. The minimum atomic E-state index is -0.784. The summed E-state index contributed by atoms with van der Waals surface area (Å²) >= 11 is 0. The fourth-order valence-electron chi connectivity index (χ4n) is 2.91. The molecule has 1 fully saturated rings. The van der Waals surface area contributed by atoms with Crippen LogP contribution in [0.3, 0.4) is 0 Å². The highest BCUT2D eigenvalue weighted by Gasteiger charge is 2.44. The van der Waals surface area contributed by atoms with Crippen molar-refractivity contribution in [3.63, 3.8) is 0 Å². The van der Waals surface area contributed by atoms with Crippen LogP contribution in [0.1, 0.15) is 65.7 Å². The normalized spacial score (nSPS) is 23.1. The highest BCUT2D eigenvalue weighted by atomic mass is 16.4. The number of carbonyl (C=O) groups excluding carboxylic acids is 1. The van der Waals surface area contributed by atoms with Crippen LogP contribution in [0.5, 0.6) is 0 Å². The first-order valence-electron chi connectivity index (χ1n) is 8.24. The number of carboxylic acids is 1. The van der Waals surface area contributed by atoms with E-state index < -0.39 is 11.4 Å². The molecule has 0 saturated carbocycles. The van der Waals surface area contributed by atoms with E-state index in [0.717, 1.165) is 12.8 Å². The zero-order valence-corrected chi connectivity index (χ0v) is 13.7. The van der Waals surface area contributed by atoms with Crippen LogP contribution in [0.2, 0.25) is 0 Å². The van der Waals surface area contributed by atoms with Gasteiger partial charge >= 0.3 is 12.0 Å². The summed E-state index contributed by atoms with van der Waals surface area (Å²) in [4.78, 5) is 25.2. The third-order valence-electron chi connectivity index (χ3n) is 4.63. The molecule has 0 aromatic heterocycles. The molecule has 21 heavy (non-hydrogen) atoms. The van der Waals surface area contributed by atoms with Crippen molar-refractivity contribution in [2.45, 2.75) is 71.8 Å².